The highest BCUT2D eigenvalue weighted by Gasteiger charge is 2.24. The molecule has 1 aromatic rings. The Bertz CT molecular complexity index is 663. The Morgan fingerprint density at radius 2 is 1.96 bits per heavy atom. The highest BCUT2D eigenvalue weighted by atomic mass is 127. The number of nitrogens with one attached hydrogen (secondary N) is 2. The smallest absolute Gasteiger partial charge is 0.191 e. The van der Waals surface area contributed by atoms with Gasteiger partial charge in [-0.15, -0.1) is 24.0 Å². The number of rotatable bonds is 6. The number of thioether (sulfide) groups is 1. The second-order valence-corrected chi connectivity index (χ2v) is 9.28. The molecule has 0 bridgehead atoms. The van der Waals surface area contributed by atoms with Crippen LogP contribution in [0.1, 0.15) is 31.7 Å². The molecule has 5 nitrogen and oxygen atoms in total. The van der Waals surface area contributed by atoms with Crippen molar-refractivity contribution in [2.75, 3.05) is 19.1 Å². The number of sulfone groups is 1. The standard InChI is InChI=1S/C17H27N3O2S2.HI/c1-4-18-17(20-14-7-8-15(11-14)23-2)19-12-13-5-9-16(10-6-13)24(3,21)22;/h5-6,9-10,14-15H,4,7-8,11-12H2,1-3H3,(H2,18,19,20);1H. The third-order valence-corrected chi connectivity index (χ3v) is 6.40. The van der Waals surface area contributed by atoms with Crippen molar-refractivity contribution in [3.63, 3.8) is 0 Å². The molecular formula is C17H28IN3O2S2. The van der Waals surface area contributed by atoms with Gasteiger partial charge in [0, 0.05) is 24.1 Å². The summed E-state index contributed by atoms with van der Waals surface area (Å²) >= 11 is 1.94. The number of benzene rings is 1. The Labute approximate surface area is 172 Å². The van der Waals surface area contributed by atoms with Crippen molar-refractivity contribution in [3.8, 4) is 0 Å². The van der Waals surface area contributed by atoms with Gasteiger partial charge in [0.05, 0.1) is 11.4 Å². The van der Waals surface area contributed by atoms with E-state index in [0.29, 0.717) is 17.5 Å². The Hall–Kier alpha value is -0.480. The summed E-state index contributed by atoms with van der Waals surface area (Å²) in [6.07, 6.45) is 7.00. The molecule has 2 atom stereocenters. The number of hydrogen-bond acceptors (Lipinski definition) is 4. The van der Waals surface area contributed by atoms with Gasteiger partial charge in [-0.1, -0.05) is 12.1 Å². The van der Waals surface area contributed by atoms with Crippen molar-refractivity contribution in [2.45, 2.75) is 48.9 Å². The molecular weight excluding hydrogens is 469 g/mol. The van der Waals surface area contributed by atoms with E-state index in [1.165, 1.54) is 25.5 Å². The topological polar surface area (TPSA) is 70.6 Å². The van der Waals surface area contributed by atoms with E-state index in [2.05, 4.69) is 28.8 Å². The van der Waals surface area contributed by atoms with Crippen LogP contribution in [0.25, 0.3) is 0 Å². The molecule has 0 aromatic heterocycles. The Balaban J connectivity index is 0.00000312. The number of nitrogens with zero attached hydrogens (tertiary/aromatic N) is 1. The van der Waals surface area contributed by atoms with Crippen LogP contribution >= 0.6 is 35.7 Å². The summed E-state index contributed by atoms with van der Waals surface area (Å²) in [7, 11) is -3.15. The van der Waals surface area contributed by atoms with Crippen LogP contribution in [-0.4, -0.2) is 44.7 Å². The molecule has 1 aliphatic rings. The van der Waals surface area contributed by atoms with E-state index >= 15 is 0 Å². The maximum atomic E-state index is 11.5. The van der Waals surface area contributed by atoms with Crippen molar-refractivity contribution in [1.29, 1.82) is 0 Å². The summed E-state index contributed by atoms with van der Waals surface area (Å²) in [5.74, 6) is 0.830. The molecule has 25 heavy (non-hydrogen) atoms. The molecule has 0 heterocycles. The Morgan fingerprint density at radius 1 is 1.28 bits per heavy atom. The first-order valence-electron chi connectivity index (χ1n) is 8.29. The fourth-order valence-corrected chi connectivity index (χ4v) is 4.24. The summed E-state index contributed by atoms with van der Waals surface area (Å²) < 4.78 is 23.0. The molecule has 1 aromatic carbocycles. The molecule has 1 fully saturated rings. The monoisotopic (exact) mass is 497 g/mol. The number of halogens is 1. The molecule has 8 heteroatoms. The zero-order chi connectivity index (χ0) is 17.6. The quantitative estimate of drug-likeness (QED) is 0.359. The van der Waals surface area contributed by atoms with Gasteiger partial charge >= 0.3 is 0 Å². The molecule has 0 radical (unpaired) electrons. The van der Waals surface area contributed by atoms with Gasteiger partial charge in [-0.05, 0) is 50.1 Å². The van der Waals surface area contributed by atoms with E-state index in [9.17, 15) is 8.42 Å². The average molecular weight is 497 g/mol. The number of hydrogen-bond donors (Lipinski definition) is 2. The van der Waals surface area contributed by atoms with Crippen molar-refractivity contribution in [1.82, 2.24) is 10.6 Å². The van der Waals surface area contributed by atoms with Crippen molar-refractivity contribution >= 4 is 51.5 Å². The first-order chi connectivity index (χ1) is 11.4. The van der Waals surface area contributed by atoms with Crippen LogP contribution in [0, 0.1) is 0 Å². The summed E-state index contributed by atoms with van der Waals surface area (Å²) in [6, 6.07) is 7.40. The predicted molar refractivity (Wildman–Crippen MR) is 118 cm³/mol. The average Bonchev–Trinajstić information content (AvgIpc) is 3.00. The molecule has 2 N–H and O–H groups in total. The minimum absolute atomic E-state index is 0. The highest BCUT2D eigenvalue weighted by Crippen LogP contribution is 2.28. The fourth-order valence-electron chi connectivity index (χ4n) is 2.81. The van der Waals surface area contributed by atoms with Crippen LogP contribution in [0.3, 0.4) is 0 Å². The van der Waals surface area contributed by atoms with Gasteiger partial charge in [0.1, 0.15) is 0 Å². The number of guanidine groups is 1. The van der Waals surface area contributed by atoms with E-state index in [0.717, 1.165) is 23.3 Å². The zero-order valence-corrected chi connectivity index (χ0v) is 19.0. The van der Waals surface area contributed by atoms with Crippen LogP contribution in [0.4, 0.5) is 0 Å². The first kappa shape index (κ1) is 22.6. The maximum Gasteiger partial charge on any atom is 0.191 e. The van der Waals surface area contributed by atoms with Crippen LogP contribution < -0.4 is 10.6 Å². The lowest BCUT2D eigenvalue weighted by molar-refractivity contribution is 0.602. The van der Waals surface area contributed by atoms with Crippen molar-refractivity contribution in [2.24, 2.45) is 4.99 Å². The van der Waals surface area contributed by atoms with Gasteiger partial charge in [-0.2, -0.15) is 11.8 Å². The highest BCUT2D eigenvalue weighted by molar-refractivity contribution is 14.0. The summed E-state index contributed by atoms with van der Waals surface area (Å²) in [4.78, 5) is 4.97. The molecule has 0 aliphatic heterocycles. The molecule has 1 saturated carbocycles. The van der Waals surface area contributed by atoms with Crippen LogP contribution in [0.2, 0.25) is 0 Å². The largest absolute Gasteiger partial charge is 0.357 e. The number of aliphatic imine (C=N–C) groups is 1. The Kier molecular flexibility index (Phi) is 9.58. The molecule has 2 rings (SSSR count). The third kappa shape index (κ3) is 7.34. The van der Waals surface area contributed by atoms with Gasteiger partial charge in [-0.25, -0.2) is 13.4 Å². The minimum atomic E-state index is -3.15. The predicted octanol–water partition coefficient (Wildman–Crippen LogP) is 3.05. The second-order valence-electron chi connectivity index (χ2n) is 6.12. The minimum Gasteiger partial charge on any atom is -0.357 e. The van der Waals surface area contributed by atoms with E-state index in [1.54, 1.807) is 12.1 Å². The lowest BCUT2D eigenvalue weighted by Gasteiger charge is -2.17. The first-order valence-corrected chi connectivity index (χ1v) is 11.5. The molecule has 142 valence electrons. The van der Waals surface area contributed by atoms with Gasteiger partial charge in [-0.3, -0.25) is 0 Å². The zero-order valence-electron chi connectivity index (χ0n) is 15.0. The maximum absolute atomic E-state index is 11.5. The molecule has 0 saturated heterocycles. The van der Waals surface area contributed by atoms with Gasteiger partial charge < -0.3 is 10.6 Å². The lowest BCUT2D eigenvalue weighted by Crippen LogP contribution is -2.42. The van der Waals surface area contributed by atoms with Crippen LogP contribution in [-0.2, 0) is 16.4 Å². The van der Waals surface area contributed by atoms with Crippen molar-refractivity contribution in [3.05, 3.63) is 29.8 Å². The summed E-state index contributed by atoms with van der Waals surface area (Å²) in [5.41, 5.74) is 0.994. The molecule has 0 amide bonds. The second kappa shape index (κ2) is 10.6. The van der Waals surface area contributed by atoms with Gasteiger partial charge in [0.15, 0.2) is 15.8 Å². The third-order valence-electron chi connectivity index (χ3n) is 4.17. The van der Waals surface area contributed by atoms with Crippen LogP contribution in [0.15, 0.2) is 34.2 Å². The molecule has 1 aliphatic carbocycles. The van der Waals surface area contributed by atoms with Crippen molar-refractivity contribution < 1.29 is 8.42 Å². The van der Waals surface area contributed by atoms with Gasteiger partial charge in [0.2, 0.25) is 0 Å². The summed E-state index contributed by atoms with van der Waals surface area (Å²) in [6.45, 7) is 3.40. The fraction of sp³-hybridized carbons (Fsp3) is 0.588. The normalized spacial score (nSPS) is 20.8. The van der Waals surface area contributed by atoms with E-state index in [4.69, 9.17) is 0 Å². The SMILES string of the molecule is CCNC(=NCc1ccc(S(C)(=O)=O)cc1)NC1CCC(SC)C1.I. The van der Waals surface area contributed by atoms with Crippen LogP contribution in [0.5, 0.6) is 0 Å². The van der Waals surface area contributed by atoms with E-state index in [1.807, 2.05) is 23.9 Å². The van der Waals surface area contributed by atoms with E-state index in [-0.39, 0.29) is 24.0 Å². The molecule has 0 spiro atoms. The summed E-state index contributed by atoms with van der Waals surface area (Å²) in [5, 5.41) is 7.55. The van der Waals surface area contributed by atoms with Gasteiger partial charge in [0.25, 0.3) is 0 Å². The lowest BCUT2D eigenvalue weighted by atomic mass is 10.2. The Morgan fingerprint density at radius 3 is 2.48 bits per heavy atom. The van der Waals surface area contributed by atoms with E-state index < -0.39 is 9.84 Å². The molecule has 2 unspecified atom stereocenters.